The van der Waals surface area contributed by atoms with Gasteiger partial charge in [-0.3, -0.25) is 4.79 Å². The quantitative estimate of drug-likeness (QED) is 0.0477. The number of anilines is 3. The van der Waals surface area contributed by atoms with E-state index in [2.05, 4.69) is 72.0 Å². The number of aliphatic hydroxyl groups is 1. The van der Waals surface area contributed by atoms with Gasteiger partial charge in [0, 0.05) is 38.6 Å². The smallest absolute Gasteiger partial charge is 0.427 e. The van der Waals surface area contributed by atoms with Crippen LogP contribution in [0.4, 0.5) is 17.1 Å². The monoisotopic (exact) mass is 822 g/mol. The molecule has 9 rings (SSSR count). The normalized spacial score (nSPS) is 14.9. The Kier molecular flexibility index (Phi) is 12.5. The number of ether oxygens (including phenoxy) is 2. The minimum absolute atomic E-state index is 0.0166. The Morgan fingerprint density at radius 2 is 1.13 bits per heavy atom. The van der Waals surface area contributed by atoms with Crippen molar-refractivity contribution in [2.45, 2.75) is 90.9 Å². The van der Waals surface area contributed by atoms with Gasteiger partial charge in [0.25, 0.3) is 0 Å². The average molecular weight is 823 g/mol. The van der Waals surface area contributed by atoms with Gasteiger partial charge in [0.2, 0.25) is 5.78 Å². The highest BCUT2D eigenvalue weighted by molar-refractivity contribution is 6.80. The van der Waals surface area contributed by atoms with E-state index in [0.717, 1.165) is 73.9 Å². The Labute approximate surface area is 365 Å². The SMILES string of the molecule is CCCCCCCCOc1ccc(B2N=c3c(=C4C(=O)C(c5ccc6cccc7c6c5NB(c5ccc(OCCCCCCCC)cc5)N7)=C4O)ccc4cccc(c34)N2)cc1. The molecule has 6 aromatic rings. The Balaban J connectivity index is 0.993. The van der Waals surface area contributed by atoms with E-state index in [4.69, 9.17) is 14.4 Å². The highest BCUT2D eigenvalue weighted by atomic mass is 16.5. The van der Waals surface area contributed by atoms with E-state index >= 15 is 0 Å². The summed E-state index contributed by atoms with van der Waals surface area (Å²) in [6.07, 6.45) is 14.7. The number of Topliss-reactive ketones (excluding diaryl/α,β-unsaturated/α-hetero) is 1. The van der Waals surface area contributed by atoms with Crippen molar-refractivity contribution in [3.63, 3.8) is 0 Å². The number of hydrogen-bond acceptors (Lipinski definition) is 8. The van der Waals surface area contributed by atoms with E-state index in [9.17, 15) is 9.90 Å². The number of unbranched alkanes of at least 4 members (excludes halogenated alkanes) is 10. The topological polar surface area (TPSA) is 104 Å². The lowest BCUT2D eigenvalue weighted by atomic mass is 9.65. The van der Waals surface area contributed by atoms with Crippen LogP contribution in [0.5, 0.6) is 11.5 Å². The summed E-state index contributed by atoms with van der Waals surface area (Å²) in [7, 11) is 0. The fraction of sp³-hybridized carbons (Fsp3) is 0.308. The second kappa shape index (κ2) is 18.9. The van der Waals surface area contributed by atoms with Gasteiger partial charge in [-0.2, -0.15) is 0 Å². The maximum atomic E-state index is 14.5. The number of benzene rings is 6. The summed E-state index contributed by atoms with van der Waals surface area (Å²) in [6, 6.07) is 36.5. The fourth-order valence-electron chi connectivity index (χ4n) is 9.19. The van der Waals surface area contributed by atoms with E-state index in [-0.39, 0.29) is 31.1 Å². The van der Waals surface area contributed by atoms with Crippen LogP contribution in [0, 0.1) is 0 Å². The van der Waals surface area contributed by atoms with Crippen LogP contribution in [0.2, 0.25) is 0 Å². The highest BCUT2D eigenvalue weighted by Crippen LogP contribution is 2.45. The van der Waals surface area contributed by atoms with Gasteiger partial charge in [-0.1, -0.05) is 151 Å². The maximum absolute atomic E-state index is 14.5. The standard InChI is InChI=1S/C52H56B2N4O4/c1-3-5-7-9-11-13-33-61-39-27-23-37(24-28-39)53-55-43-19-15-17-35-21-31-41(49(57-53)45(35)43)47-51(59)48(52(47)60)42-32-22-36-18-16-20-44-46(36)50(42)58-54(56-44)38-25-29-40(30-26-38)62-34-14-12-10-8-6-4-2/h15-32,55-57,59H,3-14,33-34H2,1-2H3. The van der Waals surface area contributed by atoms with Crippen molar-refractivity contribution in [2.24, 2.45) is 4.90 Å². The summed E-state index contributed by atoms with van der Waals surface area (Å²) >= 11 is 0. The third-order valence-electron chi connectivity index (χ3n) is 12.6. The van der Waals surface area contributed by atoms with Gasteiger partial charge < -0.3 is 35.2 Å². The number of nitrogens with zero attached hydrogens (tertiary/aromatic N) is 1. The first-order valence-corrected chi connectivity index (χ1v) is 23.0. The Hall–Kier alpha value is -6.15. The fourth-order valence-corrected chi connectivity index (χ4v) is 9.19. The summed E-state index contributed by atoms with van der Waals surface area (Å²) < 4.78 is 12.2. The summed E-state index contributed by atoms with van der Waals surface area (Å²) in [4.78, 5) is 19.8. The summed E-state index contributed by atoms with van der Waals surface area (Å²) in [6.45, 7) is 5.25. The minimum atomic E-state index is -0.388. The molecule has 0 atom stereocenters. The van der Waals surface area contributed by atoms with E-state index in [1.54, 1.807) is 0 Å². The number of hydrogen-bond donors (Lipinski definition) is 4. The third kappa shape index (κ3) is 8.40. The number of nitrogens with one attached hydrogen (secondary N) is 3. The zero-order chi connectivity index (χ0) is 42.4. The molecule has 8 nitrogen and oxygen atoms in total. The molecule has 0 bridgehead atoms. The predicted molar refractivity (Wildman–Crippen MR) is 259 cm³/mol. The molecular formula is C52H56B2N4O4. The van der Waals surface area contributed by atoms with Crippen LogP contribution in [0.25, 0.3) is 32.7 Å². The molecule has 0 fully saturated rings. The number of rotatable bonds is 19. The van der Waals surface area contributed by atoms with Gasteiger partial charge in [-0.05, 0) is 70.9 Å². The Morgan fingerprint density at radius 3 is 1.76 bits per heavy atom. The number of ketones is 1. The molecule has 0 amide bonds. The number of aliphatic hydroxyl groups excluding tert-OH is 1. The van der Waals surface area contributed by atoms with Crippen molar-refractivity contribution in [1.29, 1.82) is 0 Å². The number of allylic oxidation sites excluding steroid dienone is 2. The van der Waals surface area contributed by atoms with Gasteiger partial charge >= 0.3 is 14.0 Å². The third-order valence-corrected chi connectivity index (χ3v) is 12.6. The predicted octanol–water partition coefficient (Wildman–Crippen LogP) is 9.85. The lowest BCUT2D eigenvalue weighted by Crippen LogP contribution is -2.48. The van der Waals surface area contributed by atoms with Gasteiger partial charge in [0.1, 0.15) is 17.3 Å². The van der Waals surface area contributed by atoms with Crippen LogP contribution in [-0.2, 0) is 4.79 Å². The van der Waals surface area contributed by atoms with Gasteiger partial charge in [0.05, 0.1) is 29.7 Å². The Morgan fingerprint density at radius 1 is 0.565 bits per heavy atom. The van der Waals surface area contributed by atoms with E-state index in [1.807, 2.05) is 66.7 Å². The second-order valence-corrected chi connectivity index (χ2v) is 17.0. The van der Waals surface area contributed by atoms with Crippen LogP contribution in [0.1, 0.15) is 96.5 Å². The average Bonchev–Trinajstić information content (AvgIpc) is 3.30. The van der Waals surface area contributed by atoms with E-state index in [1.165, 1.54) is 64.2 Å². The molecule has 3 aliphatic rings. The first-order valence-electron chi connectivity index (χ1n) is 23.0. The lowest BCUT2D eigenvalue weighted by molar-refractivity contribution is -0.109. The zero-order valence-corrected chi connectivity index (χ0v) is 36.1. The zero-order valence-electron chi connectivity index (χ0n) is 36.1. The largest absolute Gasteiger partial charge is 0.506 e. The molecule has 2 heterocycles. The van der Waals surface area contributed by atoms with Crippen molar-refractivity contribution >= 4 is 80.4 Å². The molecule has 0 aromatic heterocycles. The highest BCUT2D eigenvalue weighted by Gasteiger charge is 2.39. The molecule has 6 aromatic carbocycles. The van der Waals surface area contributed by atoms with Crippen molar-refractivity contribution in [3.05, 3.63) is 131 Å². The molecule has 0 spiro atoms. The van der Waals surface area contributed by atoms with Crippen LogP contribution in [0.3, 0.4) is 0 Å². The van der Waals surface area contributed by atoms with Crippen LogP contribution < -0.4 is 46.7 Å². The van der Waals surface area contributed by atoms with Gasteiger partial charge in [-0.15, -0.1) is 0 Å². The molecule has 2 aliphatic heterocycles. The number of carbonyl (C=O) groups excluding carboxylic acids is 1. The lowest BCUT2D eigenvalue weighted by Gasteiger charge is -2.31. The first-order chi connectivity index (χ1) is 30.5. The van der Waals surface area contributed by atoms with Crippen LogP contribution in [0.15, 0.2) is 120 Å². The molecule has 0 saturated carbocycles. The maximum Gasteiger partial charge on any atom is 0.427 e. The van der Waals surface area contributed by atoms with Crippen LogP contribution >= 0.6 is 0 Å². The molecule has 0 unspecified atom stereocenters. The van der Waals surface area contributed by atoms with Gasteiger partial charge in [-0.25, -0.2) is 0 Å². The number of carbonyl (C=O) groups is 1. The molecule has 0 radical (unpaired) electrons. The summed E-state index contributed by atoms with van der Waals surface area (Å²) in [5.74, 6) is 1.48. The first kappa shape index (κ1) is 41.2. The summed E-state index contributed by atoms with van der Waals surface area (Å²) in [5, 5.41) is 28.3. The molecule has 0 saturated heterocycles. The molecule has 10 heteroatoms. The minimum Gasteiger partial charge on any atom is -0.506 e. The molecule has 1 aliphatic carbocycles. The van der Waals surface area contributed by atoms with E-state index in [0.29, 0.717) is 34.9 Å². The molecule has 62 heavy (non-hydrogen) atoms. The Bertz CT molecular complexity index is 2750. The van der Waals surface area contributed by atoms with Crippen LogP contribution in [-0.4, -0.2) is 38.1 Å². The van der Waals surface area contributed by atoms with Crippen molar-refractivity contribution in [2.75, 3.05) is 28.9 Å². The molecular weight excluding hydrogens is 766 g/mol. The van der Waals surface area contributed by atoms with E-state index < -0.39 is 0 Å². The second-order valence-electron chi connectivity index (χ2n) is 17.0. The van der Waals surface area contributed by atoms with Gasteiger partial charge in [0.15, 0.2) is 0 Å². The molecule has 314 valence electrons. The van der Waals surface area contributed by atoms with Crippen molar-refractivity contribution in [3.8, 4) is 11.5 Å². The van der Waals surface area contributed by atoms with Crippen molar-refractivity contribution < 1.29 is 19.4 Å². The molecule has 4 N–H and O–H groups in total. The van der Waals surface area contributed by atoms with Crippen molar-refractivity contribution in [1.82, 2.24) is 0 Å². The summed E-state index contributed by atoms with van der Waals surface area (Å²) in [5.41, 5.74) is 6.00.